The number of nitrogens with zero attached hydrogens (tertiary/aromatic N) is 1. The molecule has 0 amide bonds. The number of ether oxygens (including phenoxy) is 1. The van der Waals surface area contributed by atoms with Crippen LogP contribution < -0.4 is 0 Å². The van der Waals surface area contributed by atoms with E-state index < -0.39 is 11.7 Å². The Morgan fingerprint density at radius 1 is 1.42 bits per heavy atom. The molecule has 0 aliphatic carbocycles. The maximum Gasteiger partial charge on any atom is 0.125 e. The van der Waals surface area contributed by atoms with Gasteiger partial charge in [0.2, 0.25) is 0 Å². The molecule has 1 saturated heterocycles. The molecule has 1 rings (SSSR count). The van der Waals surface area contributed by atoms with E-state index in [1.54, 1.807) is 0 Å². The van der Waals surface area contributed by atoms with Crippen LogP contribution in [0.3, 0.4) is 0 Å². The Bertz CT molecular complexity index is 302. The molecule has 1 aliphatic heterocycles. The van der Waals surface area contributed by atoms with Crippen molar-refractivity contribution in [1.82, 2.24) is 4.90 Å². The first-order valence-electron chi connectivity index (χ1n) is 7.40. The van der Waals surface area contributed by atoms with Crippen molar-refractivity contribution in [3.8, 4) is 12.3 Å². The van der Waals surface area contributed by atoms with Crippen molar-refractivity contribution in [2.24, 2.45) is 11.8 Å². The van der Waals surface area contributed by atoms with Crippen LogP contribution in [0.5, 0.6) is 0 Å². The first-order valence-corrected chi connectivity index (χ1v) is 7.40. The third kappa shape index (κ3) is 5.52. The first-order chi connectivity index (χ1) is 8.88. The molecule has 0 unspecified atom stereocenters. The van der Waals surface area contributed by atoms with Crippen molar-refractivity contribution < 1.29 is 9.84 Å². The lowest BCUT2D eigenvalue weighted by Gasteiger charge is -2.36. The third-order valence-corrected chi connectivity index (χ3v) is 3.99. The van der Waals surface area contributed by atoms with Crippen molar-refractivity contribution >= 4 is 0 Å². The summed E-state index contributed by atoms with van der Waals surface area (Å²) in [7, 11) is 0. The van der Waals surface area contributed by atoms with Gasteiger partial charge in [-0.15, -0.1) is 6.42 Å². The molecule has 1 N–H and O–H groups in total. The molecule has 0 radical (unpaired) electrons. The molecule has 0 spiro atoms. The topological polar surface area (TPSA) is 32.7 Å². The molecule has 0 aromatic carbocycles. The SMILES string of the molecule is C#C[C@](C)(CC)OC[C@@H](O)CN1C[C@H](C)C[C@H](C)C1. The van der Waals surface area contributed by atoms with Crippen LogP contribution in [0.2, 0.25) is 0 Å². The fourth-order valence-electron chi connectivity index (χ4n) is 2.82. The molecule has 1 fully saturated rings. The summed E-state index contributed by atoms with van der Waals surface area (Å²) in [5, 5.41) is 10.1. The Kier molecular flexibility index (Phi) is 6.32. The van der Waals surface area contributed by atoms with Gasteiger partial charge in [-0.3, -0.25) is 0 Å². The Labute approximate surface area is 118 Å². The monoisotopic (exact) mass is 267 g/mol. The summed E-state index contributed by atoms with van der Waals surface area (Å²) in [6, 6.07) is 0. The smallest absolute Gasteiger partial charge is 0.125 e. The molecule has 1 heterocycles. The quantitative estimate of drug-likeness (QED) is 0.749. The van der Waals surface area contributed by atoms with E-state index in [0.717, 1.165) is 19.5 Å². The molecule has 0 bridgehead atoms. The number of hydrogen-bond acceptors (Lipinski definition) is 3. The molecule has 3 nitrogen and oxygen atoms in total. The minimum Gasteiger partial charge on any atom is -0.389 e. The van der Waals surface area contributed by atoms with Crippen LogP contribution in [0.15, 0.2) is 0 Å². The van der Waals surface area contributed by atoms with Crippen LogP contribution in [0.25, 0.3) is 0 Å². The van der Waals surface area contributed by atoms with E-state index in [9.17, 15) is 5.11 Å². The van der Waals surface area contributed by atoms with Crippen LogP contribution in [-0.2, 0) is 4.74 Å². The summed E-state index contributed by atoms with van der Waals surface area (Å²) in [4.78, 5) is 2.34. The summed E-state index contributed by atoms with van der Waals surface area (Å²) < 4.78 is 5.67. The second-order valence-electron chi connectivity index (χ2n) is 6.36. The van der Waals surface area contributed by atoms with Gasteiger partial charge in [-0.1, -0.05) is 26.7 Å². The highest BCUT2D eigenvalue weighted by atomic mass is 16.5. The maximum atomic E-state index is 10.1. The molecule has 0 aromatic rings. The van der Waals surface area contributed by atoms with Gasteiger partial charge in [0.05, 0.1) is 12.7 Å². The van der Waals surface area contributed by atoms with Crippen molar-refractivity contribution in [1.29, 1.82) is 0 Å². The van der Waals surface area contributed by atoms with Crippen LogP contribution in [0.4, 0.5) is 0 Å². The van der Waals surface area contributed by atoms with E-state index in [2.05, 4.69) is 24.7 Å². The van der Waals surface area contributed by atoms with E-state index >= 15 is 0 Å². The van der Waals surface area contributed by atoms with Crippen LogP contribution in [-0.4, -0.2) is 48.0 Å². The normalized spacial score (nSPS) is 29.5. The molecular weight excluding hydrogens is 238 g/mol. The molecule has 4 atom stereocenters. The Morgan fingerprint density at radius 2 is 2.00 bits per heavy atom. The number of hydrogen-bond donors (Lipinski definition) is 1. The van der Waals surface area contributed by atoms with E-state index in [0.29, 0.717) is 25.0 Å². The summed E-state index contributed by atoms with van der Waals surface area (Å²) in [5.41, 5.74) is -0.552. The van der Waals surface area contributed by atoms with Gasteiger partial charge in [0.1, 0.15) is 5.60 Å². The van der Waals surface area contributed by atoms with Gasteiger partial charge in [-0.2, -0.15) is 0 Å². The van der Waals surface area contributed by atoms with Gasteiger partial charge in [-0.05, 0) is 31.6 Å². The minimum atomic E-state index is -0.552. The number of β-amino-alcohol motifs (C(OH)–C–C–N with tert-alkyl or cyclic N) is 1. The number of terminal acetylenes is 1. The van der Waals surface area contributed by atoms with Crippen LogP contribution >= 0.6 is 0 Å². The second-order valence-corrected chi connectivity index (χ2v) is 6.36. The summed E-state index contributed by atoms with van der Waals surface area (Å²) >= 11 is 0. The van der Waals surface area contributed by atoms with E-state index in [1.165, 1.54) is 6.42 Å². The highest BCUT2D eigenvalue weighted by molar-refractivity contribution is 5.05. The van der Waals surface area contributed by atoms with Gasteiger partial charge in [0, 0.05) is 19.6 Å². The van der Waals surface area contributed by atoms with Gasteiger partial charge in [0.15, 0.2) is 0 Å². The average Bonchev–Trinajstić information content (AvgIpc) is 2.35. The average molecular weight is 267 g/mol. The zero-order chi connectivity index (χ0) is 14.5. The number of aliphatic hydroxyl groups excluding tert-OH is 1. The fraction of sp³-hybridized carbons (Fsp3) is 0.875. The largest absolute Gasteiger partial charge is 0.389 e. The Hall–Kier alpha value is -0.560. The van der Waals surface area contributed by atoms with Gasteiger partial charge in [0.25, 0.3) is 0 Å². The highest BCUT2D eigenvalue weighted by Gasteiger charge is 2.25. The predicted octanol–water partition coefficient (Wildman–Crippen LogP) is 2.14. The number of likely N-dealkylation sites (tertiary alicyclic amines) is 1. The van der Waals surface area contributed by atoms with E-state index in [-0.39, 0.29) is 0 Å². The zero-order valence-corrected chi connectivity index (χ0v) is 12.9. The standard InChI is InChI=1S/C16H29NO2/c1-6-16(5,7-2)19-12-15(18)11-17-9-13(3)8-14(4)10-17/h1,13-15,18H,7-12H2,2-5H3/t13-,14+,15-,16+/m0/s1. The molecule has 1 aliphatic rings. The van der Waals surface area contributed by atoms with Gasteiger partial charge >= 0.3 is 0 Å². The van der Waals surface area contributed by atoms with Crippen LogP contribution in [0, 0.1) is 24.2 Å². The van der Waals surface area contributed by atoms with Crippen LogP contribution in [0.1, 0.15) is 40.5 Å². The molecular formula is C16H29NO2. The predicted molar refractivity (Wildman–Crippen MR) is 78.9 cm³/mol. The Balaban J connectivity index is 2.35. The summed E-state index contributed by atoms with van der Waals surface area (Å²) in [6.45, 7) is 11.6. The molecule has 0 aromatic heterocycles. The minimum absolute atomic E-state index is 0.313. The van der Waals surface area contributed by atoms with Crippen molar-refractivity contribution in [2.75, 3.05) is 26.2 Å². The number of aliphatic hydroxyl groups is 1. The number of piperidine rings is 1. The van der Waals surface area contributed by atoms with E-state index in [1.807, 2.05) is 13.8 Å². The molecule has 0 saturated carbocycles. The maximum absolute atomic E-state index is 10.1. The fourth-order valence-corrected chi connectivity index (χ4v) is 2.82. The summed E-state index contributed by atoms with van der Waals surface area (Å²) in [6.07, 6.45) is 7.04. The zero-order valence-electron chi connectivity index (χ0n) is 12.9. The first kappa shape index (κ1) is 16.5. The lowest BCUT2D eigenvalue weighted by atomic mass is 9.92. The summed E-state index contributed by atoms with van der Waals surface area (Å²) in [5.74, 6) is 4.08. The molecule has 19 heavy (non-hydrogen) atoms. The highest BCUT2D eigenvalue weighted by Crippen LogP contribution is 2.21. The number of rotatable bonds is 6. The Morgan fingerprint density at radius 3 is 2.47 bits per heavy atom. The van der Waals surface area contributed by atoms with Crippen molar-refractivity contribution in [3.05, 3.63) is 0 Å². The van der Waals surface area contributed by atoms with Gasteiger partial charge in [-0.25, -0.2) is 0 Å². The van der Waals surface area contributed by atoms with Crippen molar-refractivity contribution in [2.45, 2.75) is 52.2 Å². The van der Waals surface area contributed by atoms with E-state index in [4.69, 9.17) is 11.2 Å². The molecule has 110 valence electrons. The molecule has 3 heteroatoms. The lowest BCUT2D eigenvalue weighted by molar-refractivity contribution is -0.0511. The van der Waals surface area contributed by atoms with Gasteiger partial charge < -0.3 is 14.7 Å². The van der Waals surface area contributed by atoms with Crippen molar-refractivity contribution in [3.63, 3.8) is 0 Å². The lowest BCUT2D eigenvalue weighted by Crippen LogP contribution is -2.44. The third-order valence-electron chi connectivity index (χ3n) is 3.99. The second kappa shape index (κ2) is 7.28.